The van der Waals surface area contributed by atoms with Gasteiger partial charge in [0.1, 0.15) is 5.82 Å². The summed E-state index contributed by atoms with van der Waals surface area (Å²) in [5, 5.41) is 19.9. The van der Waals surface area contributed by atoms with Crippen LogP contribution in [0, 0.1) is 5.82 Å². The Labute approximate surface area is 174 Å². The first-order valence-corrected chi connectivity index (χ1v) is 10.6. The molecule has 2 fully saturated rings. The van der Waals surface area contributed by atoms with Gasteiger partial charge >= 0.3 is 6.03 Å². The molecule has 0 spiro atoms. The summed E-state index contributed by atoms with van der Waals surface area (Å²) in [6.45, 7) is 3.76. The average Bonchev–Trinajstić information content (AvgIpc) is 2.89. The molecule has 0 unspecified atom stereocenters. The minimum absolute atomic E-state index is 0.0652. The average molecular weight is 425 g/mol. The Morgan fingerprint density at radius 3 is 2.75 bits per heavy atom. The van der Waals surface area contributed by atoms with E-state index in [1.807, 2.05) is 13.8 Å². The van der Waals surface area contributed by atoms with Crippen molar-refractivity contribution in [1.29, 1.82) is 0 Å². The molecule has 6 nitrogen and oxygen atoms in total. The smallest absolute Gasteiger partial charge is 0.333 e. The van der Waals surface area contributed by atoms with Crippen molar-refractivity contribution in [1.82, 2.24) is 15.4 Å². The number of hydroxylamine groups is 2. The van der Waals surface area contributed by atoms with Crippen LogP contribution in [0.1, 0.15) is 51.5 Å². The Kier molecular flexibility index (Phi) is 6.57. The zero-order valence-corrected chi connectivity index (χ0v) is 17.6. The molecule has 1 heterocycles. The molecule has 28 heavy (non-hydrogen) atoms. The first kappa shape index (κ1) is 21.0. The van der Waals surface area contributed by atoms with Crippen LogP contribution < -0.4 is 5.32 Å². The van der Waals surface area contributed by atoms with Gasteiger partial charge in [0.25, 0.3) is 0 Å². The largest absolute Gasteiger partial charge is 0.343 e. The number of urea groups is 1. The van der Waals surface area contributed by atoms with Crippen molar-refractivity contribution in [2.75, 3.05) is 0 Å². The predicted octanol–water partition coefficient (Wildman–Crippen LogP) is 4.33. The third-order valence-electron chi connectivity index (χ3n) is 4.99. The summed E-state index contributed by atoms with van der Waals surface area (Å²) in [6, 6.07) is 5.74. The van der Waals surface area contributed by atoms with Gasteiger partial charge in [-0.2, -0.15) is 10.2 Å². The van der Waals surface area contributed by atoms with E-state index in [1.165, 1.54) is 35.5 Å². The van der Waals surface area contributed by atoms with Gasteiger partial charge in [-0.05, 0) is 32.8 Å². The minimum Gasteiger partial charge on any atom is -0.333 e. The highest BCUT2D eigenvalue weighted by atomic mass is 32.2. The van der Waals surface area contributed by atoms with Crippen molar-refractivity contribution in [3.05, 3.63) is 35.6 Å². The molecule has 1 aromatic carbocycles. The fraction of sp³-hybridized carbons (Fsp3) is 0.526. The molecule has 3 rings (SSSR count). The van der Waals surface area contributed by atoms with E-state index in [1.54, 1.807) is 18.2 Å². The summed E-state index contributed by atoms with van der Waals surface area (Å²) in [7, 11) is 0. The van der Waals surface area contributed by atoms with Crippen LogP contribution in [0.4, 0.5) is 9.18 Å². The van der Waals surface area contributed by atoms with Gasteiger partial charge in [0.05, 0.1) is 11.0 Å². The Morgan fingerprint density at radius 2 is 2.07 bits per heavy atom. The first-order chi connectivity index (χ1) is 13.3. The molecule has 0 bridgehead atoms. The van der Waals surface area contributed by atoms with E-state index in [4.69, 9.17) is 12.2 Å². The molecular weight excluding hydrogens is 399 g/mol. The molecular formula is C19H25FN4O2S2. The van der Waals surface area contributed by atoms with E-state index in [-0.39, 0.29) is 6.04 Å². The van der Waals surface area contributed by atoms with Crippen LogP contribution >= 0.6 is 24.0 Å². The lowest BCUT2D eigenvalue weighted by Crippen LogP contribution is -2.57. The molecule has 1 aromatic rings. The van der Waals surface area contributed by atoms with Gasteiger partial charge < -0.3 is 5.32 Å². The van der Waals surface area contributed by atoms with E-state index in [9.17, 15) is 14.4 Å². The van der Waals surface area contributed by atoms with Crippen LogP contribution in [0.25, 0.3) is 0 Å². The number of benzene rings is 1. The number of hydrazone groups is 1. The first-order valence-electron chi connectivity index (χ1n) is 9.39. The number of hydrogen-bond acceptors (Lipinski definition) is 5. The molecule has 1 aliphatic heterocycles. The summed E-state index contributed by atoms with van der Waals surface area (Å²) < 4.78 is 13.7. The topological polar surface area (TPSA) is 68.2 Å². The SMILES string of the molecule is CC1(C)SC(=S)N(/N=C\c2ccccc2F)[C@@H]1N(O)C(=O)NC1CCCCC1. The van der Waals surface area contributed by atoms with Crippen molar-refractivity contribution in [3.8, 4) is 0 Å². The number of carbonyl (C=O) groups is 1. The molecule has 2 amide bonds. The molecule has 1 saturated carbocycles. The van der Waals surface area contributed by atoms with Crippen molar-refractivity contribution in [2.24, 2.45) is 5.10 Å². The van der Waals surface area contributed by atoms with Crippen molar-refractivity contribution >= 4 is 40.5 Å². The van der Waals surface area contributed by atoms with E-state index in [0.29, 0.717) is 14.9 Å². The van der Waals surface area contributed by atoms with E-state index in [0.717, 1.165) is 25.7 Å². The highest BCUT2D eigenvalue weighted by Gasteiger charge is 2.50. The molecule has 152 valence electrons. The zero-order valence-electron chi connectivity index (χ0n) is 16.0. The van der Waals surface area contributed by atoms with Crippen molar-refractivity contribution in [2.45, 2.75) is 62.9 Å². The lowest BCUT2D eigenvalue weighted by molar-refractivity contribution is -0.119. The number of rotatable bonds is 4. The number of nitrogens with one attached hydrogen (secondary N) is 1. The minimum atomic E-state index is -0.809. The van der Waals surface area contributed by atoms with Gasteiger partial charge in [-0.15, -0.1) is 0 Å². The fourth-order valence-corrected chi connectivity index (χ4v) is 5.32. The summed E-state index contributed by atoms with van der Waals surface area (Å²) >= 11 is 6.73. The molecule has 0 aromatic heterocycles. The molecule has 2 aliphatic rings. The number of thioether (sulfide) groups is 1. The lowest BCUT2D eigenvalue weighted by Gasteiger charge is -2.35. The second-order valence-electron chi connectivity index (χ2n) is 7.58. The quantitative estimate of drug-likeness (QED) is 0.326. The summed E-state index contributed by atoms with van der Waals surface area (Å²) in [6.07, 6.45) is 5.69. The second kappa shape index (κ2) is 8.75. The molecule has 9 heteroatoms. The van der Waals surface area contributed by atoms with Gasteiger partial charge in [-0.1, -0.05) is 61.4 Å². The van der Waals surface area contributed by atoms with Crippen LogP contribution in [0.2, 0.25) is 0 Å². The van der Waals surface area contributed by atoms with E-state index in [2.05, 4.69) is 10.4 Å². The van der Waals surface area contributed by atoms with Gasteiger partial charge in [-0.25, -0.2) is 14.2 Å². The highest BCUT2D eigenvalue weighted by molar-refractivity contribution is 8.24. The summed E-state index contributed by atoms with van der Waals surface area (Å²) in [5.41, 5.74) is 0.301. The molecule has 1 saturated heterocycles. The monoisotopic (exact) mass is 424 g/mol. The van der Waals surface area contributed by atoms with Gasteiger partial charge in [-0.3, -0.25) is 5.21 Å². The van der Waals surface area contributed by atoms with E-state index >= 15 is 0 Å². The Balaban J connectivity index is 1.77. The van der Waals surface area contributed by atoms with Crippen LogP contribution in [0.3, 0.4) is 0 Å². The molecule has 2 N–H and O–H groups in total. The number of amides is 2. The number of carbonyl (C=O) groups excluding carboxylic acids is 1. The van der Waals surface area contributed by atoms with Crippen molar-refractivity contribution < 1.29 is 14.4 Å². The maximum atomic E-state index is 13.9. The normalized spacial score (nSPS) is 22.6. The Morgan fingerprint density at radius 1 is 1.39 bits per heavy atom. The highest BCUT2D eigenvalue weighted by Crippen LogP contribution is 2.42. The van der Waals surface area contributed by atoms with Crippen LogP contribution in [0.5, 0.6) is 0 Å². The Hall–Kier alpha value is -1.71. The standard InChI is InChI=1S/C19H25FN4O2S2/c1-19(2)16(24(26)17(25)22-14-9-4-3-5-10-14)23(18(27)28-19)21-12-13-8-6-7-11-15(13)20/h6-8,11-12,14,16,26H,3-5,9-10H2,1-2H3,(H,22,25)/b21-12-/t16-/m1/s1. The van der Waals surface area contributed by atoms with Gasteiger partial charge in [0.15, 0.2) is 10.5 Å². The summed E-state index contributed by atoms with van der Waals surface area (Å²) in [4.78, 5) is 12.6. The maximum Gasteiger partial charge on any atom is 0.343 e. The van der Waals surface area contributed by atoms with E-state index < -0.39 is 22.8 Å². The van der Waals surface area contributed by atoms with Gasteiger partial charge in [0.2, 0.25) is 0 Å². The van der Waals surface area contributed by atoms with Gasteiger partial charge in [0, 0.05) is 11.6 Å². The zero-order chi connectivity index (χ0) is 20.3. The third kappa shape index (κ3) is 4.64. The summed E-state index contributed by atoms with van der Waals surface area (Å²) in [5.74, 6) is -0.407. The number of nitrogens with zero attached hydrogens (tertiary/aromatic N) is 3. The number of halogens is 1. The third-order valence-corrected chi connectivity index (χ3v) is 6.53. The predicted molar refractivity (Wildman–Crippen MR) is 113 cm³/mol. The van der Waals surface area contributed by atoms with Crippen LogP contribution in [-0.4, -0.2) is 48.8 Å². The molecule has 1 atom stereocenters. The van der Waals surface area contributed by atoms with Crippen molar-refractivity contribution in [3.63, 3.8) is 0 Å². The second-order valence-corrected chi connectivity index (χ2v) is 9.87. The van der Waals surface area contributed by atoms with Crippen LogP contribution in [0.15, 0.2) is 29.4 Å². The maximum absolute atomic E-state index is 13.9. The van der Waals surface area contributed by atoms with Crippen LogP contribution in [-0.2, 0) is 0 Å². The Bertz CT molecular complexity index is 768. The fourth-order valence-electron chi connectivity index (χ4n) is 3.53. The molecule has 0 radical (unpaired) electrons. The molecule has 1 aliphatic carbocycles. The lowest BCUT2D eigenvalue weighted by atomic mass is 9.96. The number of thiocarbonyl (C=S) groups is 1. The number of hydrogen-bond donors (Lipinski definition) is 2.